The van der Waals surface area contributed by atoms with Crippen molar-refractivity contribution in [3.8, 4) is 0 Å². The molecule has 8 nitrogen and oxygen atoms in total. The smallest absolute Gasteiger partial charge is 0.241 e. The summed E-state index contributed by atoms with van der Waals surface area (Å²) in [6, 6.07) is 4.99. The third-order valence-electron chi connectivity index (χ3n) is 4.30. The van der Waals surface area contributed by atoms with Gasteiger partial charge in [0.15, 0.2) is 0 Å². The van der Waals surface area contributed by atoms with Gasteiger partial charge in [-0.1, -0.05) is 0 Å². The highest BCUT2D eigenvalue weighted by atomic mass is 32.2. The number of sulfonamides is 1. The molecule has 2 amide bonds. The summed E-state index contributed by atoms with van der Waals surface area (Å²) in [6.07, 6.45) is 1.83. The van der Waals surface area contributed by atoms with Crippen LogP contribution in [0.5, 0.6) is 0 Å². The number of hydrogen-bond acceptors (Lipinski definition) is 5. The number of benzene rings is 1. The van der Waals surface area contributed by atoms with Crippen LogP contribution in [-0.4, -0.2) is 44.9 Å². The van der Waals surface area contributed by atoms with Gasteiger partial charge < -0.3 is 16.0 Å². The Morgan fingerprint density at radius 1 is 1.23 bits per heavy atom. The van der Waals surface area contributed by atoms with Gasteiger partial charge in [-0.25, -0.2) is 8.42 Å². The molecule has 1 aliphatic heterocycles. The van der Waals surface area contributed by atoms with Crippen LogP contribution >= 0.6 is 0 Å². The molecule has 0 aromatic heterocycles. The number of amides is 2. The molecule has 144 valence electrons. The van der Waals surface area contributed by atoms with Crippen molar-refractivity contribution < 1.29 is 18.0 Å². The largest absolute Gasteiger partial charge is 0.350 e. The Hall–Kier alpha value is -1.97. The zero-order valence-electron chi connectivity index (χ0n) is 15.2. The van der Waals surface area contributed by atoms with Crippen molar-refractivity contribution in [3.05, 3.63) is 24.3 Å². The van der Waals surface area contributed by atoms with Crippen LogP contribution in [0.2, 0.25) is 0 Å². The molecule has 0 bridgehead atoms. The third-order valence-corrected chi connectivity index (χ3v) is 5.86. The second-order valence-electron chi connectivity index (χ2n) is 6.55. The summed E-state index contributed by atoms with van der Waals surface area (Å²) in [6.45, 7) is 5.80. The normalized spacial score (nSPS) is 21.7. The molecule has 1 aromatic carbocycles. The average molecular weight is 382 g/mol. The molecule has 1 saturated heterocycles. The summed E-state index contributed by atoms with van der Waals surface area (Å²) < 4.78 is 27.3. The van der Waals surface area contributed by atoms with Gasteiger partial charge in [0, 0.05) is 24.7 Å². The molecule has 3 atom stereocenters. The van der Waals surface area contributed by atoms with E-state index in [1.807, 2.05) is 6.92 Å². The molecule has 3 unspecified atom stereocenters. The topological polar surface area (TPSA) is 116 Å². The maximum atomic E-state index is 12.4. The highest BCUT2D eigenvalue weighted by molar-refractivity contribution is 7.89. The van der Waals surface area contributed by atoms with Crippen molar-refractivity contribution in [2.75, 3.05) is 11.9 Å². The Bertz CT molecular complexity index is 749. The number of carbonyl (C=O) groups excluding carboxylic acids is 2. The fourth-order valence-corrected chi connectivity index (χ4v) is 4.03. The van der Waals surface area contributed by atoms with Crippen LogP contribution in [0.4, 0.5) is 5.69 Å². The third kappa shape index (κ3) is 5.52. The Balaban J connectivity index is 1.98. The Morgan fingerprint density at radius 2 is 1.88 bits per heavy atom. The van der Waals surface area contributed by atoms with E-state index in [1.165, 1.54) is 38.1 Å². The van der Waals surface area contributed by atoms with Gasteiger partial charge in [-0.2, -0.15) is 4.72 Å². The van der Waals surface area contributed by atoms with E-state index in [0.29, 0.717) is 5.69 Å². The summed E-state index contributed by atoms with van der Waals surface area (Å²) in [7, 11) is -3.84. The lowest BCUT2D eigenvalue weighted by atomic mass is 9.99. The zero-order chi connectivity index (χ0) is 19.3. The van der Waals surface area contributed by atoms with E-state index in [9.17, 15) is 18.0 Å². The molecule has 1 heterocycles. The van der Waals surface area contributed by atoms with Gasteiger partial charge in [0.25, 0.3) is 0 Å². The molecule has 0 radical (unpaired) electrons. The number of hydrogen-bond donors (Lipinski definition) is 4. The van der Waals surface area contributed by atoms with E-state index in [0.717, 1.165) is 19.4 Å². The van der Waals surface area contributed by atoms with Gasteiger partial charge in [0.1, 0.15) is 0 Å². The fourth-order valence-electron chi connectivity index (χ4n) is 2.82. The van der Waals surface area contributed by atoms with Crippen molar-refractivity contribution in [1.29, 1.82) is 0 Å². The molecular weight excluding hydrogens is 356 g/mol. The average Bonchev–Trinajstić information content (AvgIpc) is 2.56. The first-order valence-corrected chi connectivity index (χ1v) is 10.1. The first-order chi connectivity index (χ1) is 12.2. The predicted molar refractivity (Wildman–Crippen MR) is 99.2 cm³/mol. The summed E-state index contributed by atoms with van der Waals surface area (Å²) in [5.41, 5.74) is 0.501. The van der Waals surface area contributed by atoms with Crippen LogP contribution in [0.15, 0.2) is 29.2 Å². The van der Waals surface area contributed by atoms with Crippen LogP contribution in [0, 0.1) is 0 Å². The minimum Gasteiger partial charge on any atom is -0.350 e. The van der Waals surface area contributed by atoms with Gasteiger partial charge in [-0.3, -0.25) is 9.59 Å². The second-order valence-corrected chi connectivity index (χ2v) is 8.26. The van der Waals surface area contributed by atoms with E-state index in [1.54, 1.807) is 0 Å². The lowest BCUT2D eigenvalue weighted by molar-refractivity contribution is -0.123. The van der Waals surface area contributed by atoms with E-state index in [2.05, 4.69) is 20.7 Å². The van der Waals surface area contributed by atoms with Crippen LogP contribution in [-0.2, 0) is 19.6 Å². The van der Waals surface area contributed by atoms with Gasteiger partial charge in [0.05, 0.1) is 10.9 Å². The summed E-state index contributed by atoms with van der Waals surface area (Å²) >= 11 is 0. The standard InChI is InChI=1S/C17H26N4O4S/c1-11-16(5-4-10-18-11)20-17(23)12(2)21-26(24,25)15-8-6-14(7-9-15)19-13(3)22/h6-9,11-12,16,18,21H,4-5,10H2,1-3H3,(H,19,22)(H,20,23). The molecule has 4 N–H and O–H groups in total. The van der Waals surface area contributed by atoms with Crippen molar-refractivity contribution in [3.63, 3.8) is 0 Å². The summed E-state index contributed by atoms with van der Waals surface area (Å²) in [5, 5.41) is 8.75. The Kier molecular flexibility index (Phi) is 6.74. The molecule has 0 aliphatic carbocycles. The number of nitrogens with one attached hydrogen (secondary N) is 4. The van der Waals surface area contributed by atoms with Gasteiger partial charge >= 0.3 is 0 Å². The maximum absolute atomic E-state index is 12.4. The van der Waals surface area contributed by atoms with E-state index in [-0.39, 0.29) is 28.8 Å². The quantitative estimate of drug-likeness (QED) is 0.574. The van der Waals surface area contributed by atoms with Crippen LogP contribution < -0.4 is 20.7 Å². The lowest BCUT2D eigenvalue weighted by Crippen LogP contribution is -2.55. The van der Waals surface area contributed by atoms with Crippen LogP contribution in [0.25, 0.3) is 0 Å². The number of carbonyl (C=O) groups is 2. The number of piperidine rings is 1. The van der Waals surface area contributed by atoms with Crippen LogP contribution in [0.3, 0.4) is 0 Å². The van der Waals surface area contributed by atoms with Crippen molar-refractivity contribution in [2.24, 2.45) is 0 Å². The number of anilines is 1. The minimum atomic E-state index is -3.84. The minimum absolute atomic E-state index is 0.0138. The monoisotopic (exact) mass is 382 g/mol. The molecule has 26 heavy (non-hydrogen) atoms. The molecule has 1 fully saturated rings. The molecular formula is C17H26N4O4S. The molecule has 9 heteroatoms. The maximum Gasteiger partial charge on any atom is 0.241 e. The molecule has 1 aromatic rings. The highest BCUT2D eigenvalue weighted by Gasteiger charge is 2.27. The van der Waals surface area contributed by atoms with Gasteiger partial charge in [-0.15, -0.1) is 0 Å². The second kappa shape index (κ2) is 8.61. The number of rotatable bonds is 6. The first kappa shape index (κ1) is 20.3. The predicted octanol–water partition coefficient (Wildman–Crippen LogP) is 0.569. The SMILES string of the molecule is CC(=O)Nc1ccc(S(=O)(=O)NC(C)C(=O)NC2CCCNC2C)cc1. The van der Waals surface area contributed by atoms with Gasteiger partial charge in [0.2, 0.25) is 21.8 Å². The lowest BCUT2D eigenvalue weighted by Gasteiger charge is -2.31. The molecule has 0 spiro atoms. The summed E-state index contributed by atoms with van der Waals surface area (Å²) in [5.74, 6) is -0.598. The fraction of sp³-hybridized carbons (Fsp3) is 0.529. The van der Waals surface area contributed by atoms with Crippen molar-refractivity contribution in [1.82, 2.24) is 15.4 Å². The van der Waals surface area contributed by atoms with E-state index >= 15 is 0 Å². The highest BCUT2D eigenvalue weighted by Crippen LogP contribution is 2.15. The van der Waals surface area contributed by atoms with Crippen molar-refractivity contribution >= 4 is 27.5 Å². The van der Waals surface area contributed by atoms with Gasteiger partial charge in [-0.05, 0) is 57.5 Å². The molecule has 0 saturated carbocycles. The van der Waals surface area contributed by atoms with E-state index in [4.69, 9.17) is 0 Å². The van der Waals surface area contributed by atoms with Crippen LogP contribution in [0.1, 0.15) is 33.6 Å². The van der Waals surface area contributed by atoms with E-state index < -0.39 is 16.1 Å². The molecule has 1 aliphatic rings. The van der Waals surface area contributed by atoms with Crippen molar-refractivity contribution in [2.45, 2.75) is 56.6 Å². The zero-order valence-corrected chi connectivity index (χ0v) is 16.0. The Morgan fingerprint density at radius 3 is 2.46 bits per heavy atom. The first-order valence-electron chi connectivity index (χ1n) is 8.63. The Labute approximate surface area is 154 Å². The summed E-state index contributed by atoms with van der Waals surface area (Å²) in [4.78, 5) is 23.4. The molecule has 2 rings (SSSR count).